The Morgan fingerprint density at radius 2 is 2.10 bits per heavy atom. The van der Waals surface area contributed by atoms with E-state index in [4.69, 9.17) is 14.2 Å². The van der Waals surface area contributed by atoms with E-state index in [2.05, 4.69) is 40.3 Å². The summed E-state index contributed by atoms with van der Waals surface area (Å²) in [5, 5.41) is 3.54. The van der Waals surface area contributed by atoms with Gasteiger partial charge in [-0.3, -0.25) is 0 Å². The number of halogens is 1. The van der Waals surface area contributed by atoms with Crippen molar-refractivity contribution in [2.24, 2.45) is 5.92 Å². The molecule has 1 aromatic carbocycles. The van der Waals surface area contributed by atoms with E-state index < -0.39 is 0 Å². The Balaban J connectivity index is 1.57. The van der Waals surface area contributed by atoms with Gasteiger partial charge in [-0.1, -0.05) is 6.92 Å². The molecule has 0 aromatic heterocycles. The number of hydrogen-bond acceptors (Lipinski definition) is 4. The average molecular weight is 356 g/mol. The van der Waals surface area contributed by atoms with E-state index in [1.165, 1.54) is 5.56 Å². The molecule has 4 nitrogen and oxygen atoms in total. The van der Waals surface area contributed by atoms with Crippen LogP contribution in [0.4, 0.5) is 0 Å². The van der Waals surface area contributed by atoms with Crippen LogP contribution in [0, 0.1) is 5.92 Å². The van der Waals surface area contributed by atoms with Crippen LogP contribution in [0.3, 0.4) is 0 Å². The number of fused-ring (bicyclic) bond motifs is 1. The Labute approximate surface area is 134 Å². The van der Waals surface area contributed by atoms with Crippen molar-refractivity contribution in [3.05, 3.63) is 22.2 Å². The lowest BCUT2D eigenvalue weighted by molar-refractivity contribution is 0.0872. The van der Waals surface area contributed by atoms with E-state index in [0.717, 1.165) is 48.5 Å². The largest absolute Gasteiger partial charge is 0.486 e. The average Bonchev–Trinajstić information content (AvgIpc) is 2.95. The number of hydrogen-bond donors (Lipinski definition) is 1. The highest BCUT2D eigenvalue weighted by atomic mass is 79.9. The molecular weight excluding hydrogens is 334 g/mol. The van der Waals surface area contributed by atoms with Gasteiger partial charge < -0.3 is 19.5 Å². The van der Waals surface area contributed by atoms with Crippen molar-refractivity contribution in [1.82, 2.24) is 5.32 Å². The third-order valence-electron chi connectivity index (χ3n) is 4.14. The molecule has 0 spiro atoms. The molecule has 0 saturated carbocycles. The summed E-state index contributed by atoms with van der Waals surface area (Å²) in [6, 6.07) is 4.16. The van der Waals surface area contributed by atoms with Crippen molar-refractivity contribution in [1.29, 1.82) is 0 Å². The summed E-state index contributed by atoms with van der Waals surface area (Å²) in [6.45, 7) is 6.17. The second-order valence-corrected chi connectivity index (χ2v) is 6.45. The first-order valence-electron chi connectivity index (χ1n) is 7.68. The first-order valence-corrected chi connectivity index (χ1v) is 8.47. The molecule has 0 amide bonds. The lowest BCUT2D eigenvalue weighted by Crippen LogP contribution is -2.28. The van der Waals surface area contributed by atoms with Gasteiger partial charge in [-0.2, -0.15) is 0 Å². The summed E-state index contributed by atoms with van der Waals surface area (Å²) in [7, 11) is 0. The monoisotopic (exact) mass is 355 g/mol. The summed E-state index contributed by atoms with van der Waals surface area (Å²) >= 11 is 3.56. The Kier molecular flexibility index (Phi) is 5.03. The van der Waals surface area contributed by atoms with Gasteiger partial charge in [0.2, 0.25) is 0 Å². The zero-order chi connectivity index (χ0) is 14.7. The smallest absolute Gasteiger partial charge is 0.175 e. The molecule has 1 aromatic rings. The number of benzene rings is 1. The fourth-order valence-electron chi connectivity index (χ4n) is 3.05. The molecule has 2 heterocycles. The van der Waals surface area contributed by atoms with Gasteiger partial charge in [0, 0.05) is 19.7 Å². The third kappa shape index (κ3) is 3.52. The van der Waals surface area contributed by atoms with Crippen LogP contribution in [0.15, 0.2) is 16.6 Å². The summed E-state index contributed by atoms with van der Waals surface area (Å²) in [5.74, 6) is 2.29. The van der Waals surface area contributed by atoms with E-state index in [-0.39, 0.29) is 0 Å². The molecular formula is C16H22BrNO3. The van der Waals surface area contributed by atoms with Crippen LogP contribution in [0.5, 0.6) is 11.5 Å². The number of nitrogens with one attached hydrogen (secondary N) is 1. The van der Waals surface area contributed by atoms with Gasteiger partial charge >= 0.3 is 0 Å². The normalized spacial score (nSPS) is 24.3. The van der Waals surface area contributed by atoms with Crippen molar-refractivity contribution >= 4 is 15.9 Å². The fourth-order valence-corrected chi connectivity index (χ4v) is 3.65. The van der Waals surface area contributed by atoms with E-state index in [1.807, 2.05) is 0 Å². The molecule has 5 heteroatoms. The molecule has 1 saturated heterocycles. The highest BCUT2D eigenvalue weighted by molar-refractivity contribution is 9.10. The van der Waals surface area contributed by atoms with Crippen molar-refractivity contribution < 1.29 is 14.2 Å². The molecule has 0 bridgehead atoms. The lowest BCUT2D eigenvalue weighted by atomic mass is 9.99. The van der Waals surface area contributed by atoms with Gasteiger partial charge in [0.05, 0.1) is 10.6 Å². The molecule has 2 aliphatic heterocycles. The first kappa shape index (κ1) is 15.1. The van der Waals surface area contributed by atoms with Gasteiger partial charge in [-0.05, 0) is 52.4 Å². The topological polar surface area (TPSA) is 39.7 Å². The lowest BCUT2D eigenvalue weighted by Gasteiger charge is -2.21. The maximum absolute atomic E-state index is 5.73. The third-order valence-corrected chi connectivity index (χ3v) is 4.73. The Morgan fingerprint density at radius 1 is 1.24 bits per heavy atom. The maximum atomic E-state index is 5.73. The molecule has 1 fully saturated rings. The molecule has 2 atom stereocenters. The van der Waals surface area contributed by atoms with Crippen LogP contribution >= 0.6 is 15.9 Å². The highest BCUT2D eigenvalue weighted by Crippen LogP contribution is 2.38. The molecule has 0 radical (unpaired) electrons. The van der Waals surface area contributed by atoms with Crippen molar-refractivity contribution in [3.8, 4) is 11.5 Å². The van der Waals surface area contributed by atoms with E-state index in [9.17, 15) is 0 Å². The zero-order valence-corrected chi connectivity index (χ0v) is 13.9. The predicted octanol–water partition coefficient (Wildman–Crippen LogP) is 3.13. The van der Waals surface area contributed by atoms with Gasteiger partial charge in [-0.25, -0.2) is 0 Å². The van der Waals surface area contributed by atoms with Crippen LogP contribution in [-0.2, 0) is 11.3 Å². The summed E-state index contributed by atoms with van der Waals surface area (Å²) in [5.41, 5.74) is 1.21. The summed E-state index contributed by atoms with van der Waals surface area (Å²) in [6.07, 6.45) is 2.68. The van der Waals surface area contributed by atoms with Gasteiger partial charge in [0.25, 0.3) is 0 Å². The summed E-state index contributed by atoms with van der Waals surface area (Å²) < 4.78 is 18.0. The van der Waals surface area contributed by atoms with Crippen molar-refractivity contribution in [2.75, 3.05) is 26.4 Å². The molecule has 21 heavy (non-hydrogen) atoms. The Bertz CT molecular complexity index is 495. The SMILES string of the molecule is CCC1OCCC1CNCc1cc(Br)c2c(c1)OCCO2. The van der Waals surface area contributed by atoms with Crippen LogP contribution < -0.4 is 14.8 Å². The van der Waals surface area contributed by atoms with E-state index in [0.29, 0.717) is 25.2 Å². The van der Waals surface area contributed by atoms with Crippen LogP contribution in [0.2, 0.25) is 0 Å². The molecule has 116 valence electrons. The minimum atomic E-state index is 0.421. The second kappa shape index (κ2) is 6.99. The van der Waals surface area contributed by atoms with Crippen LogP contribution in [-0.4, -0.2) is 32.5 Å². The second-order valence-electron chi connectivity index (χ2n) is 5.60. The summed E-state index contributed by atoms with van der Waals surface area (Å²) in [4.78, 5) is 0. The predicted molar refractivity (Wildman–Crippen MR) is 85.0 cm³/mol. The van der Waals surface area contributed by atoms with Crippen molar-refractivity contribution in [2.45, 2.75) is 32.4 Å². The van der Waals surface area contributed by atoms with E-state index >= 15 is 0 Å². The molecule has 2 unspecified atom stereocenters. The standard InChI is InChI=1S/C16H22BrNO3/c1-2-14-12(3-4-19-14)10-18-9-11-7-13(17)16-15(8-11)20-5-6-21-16/h7-8,12,14,18H,2-6,9-10H2,1H3. The van der Waals surface area contributed by atoms with Gasteiger partial charge in [0.15, 0.2) is 11.5 Å². The fraction of sp³-hybridized carbons (Fsp3) is 0.625. The van der Waals surface area contributed by atoms with Crippen LogP contribution in [0.1, 0.15) is 25.3 Å². The zero-order valence-electron chi connectivity index (χ0n) is 12.4. The highest BCUT2D eigenvalue weighted by Gasteiger charge is 2.26. The maximum Gasteiger partial charge on any atom is 0.175 e. The Hall–Kier alpha value is -0.780. The quantitative estimate of drug-likeness (QED) is 0.880. The van der Waals surface area contributed by atoms with Crippen LogP contribution in [0.25, 0.3) is 0 Å². The first-order chi connectivity index (χ1) is 10.3. The molecule has 2 aliphatic rings. The minimum absolute atomic E-state index is 0.421. The van der Waals surface area contributed by atoms with Gasteiger partial charge in [0.1, 0.15) is 13.2 Å². The van der Waals surface area contributed by atoms with Gasteiger partial charge in [-0.15, -0.1) is 0 Å². The number of ether oxygens (including phenoxy) is 3. The van der Waals surface area contributed by atoms with Crippen molar-refractivity contribution in [3.63, 3.8) is 0 Å². The molecule has 3 rings (SSSR count). The Morgan fingerprint density at radius 3 is 2.95 bits per heavy atom. The van der Waals surface area contributed by atoms with E-state index in [1.54, 1.807) is 0 Å². The number of rotatable bonds is 5. The molecule has 0 aliphatic carbocycles. The molecule has 1 N–H and O–H groups in total. The minimum Gasteiger partial charge on any atom is -0.486 e.